The highest BCUT2D eigenvalue weighted by molar-refractivity contribution is 5.50. The summed E-state index contributed by atoms with van der Waals surface area (Å²) in [5.41, 5.74) is 9.69. The highest BCUT2D eigenvalue weighted by Gasteiger charge is 2.01. The van der Waals surface area contributed by atoms with Gasteiger partial charge in [-0.1, -0.05) is 30.3 Å². The van der Waals surface area contributed by atoms with Crippen LogP contribution in [0.25, 0.3) is 0 Å². The van der Waals surface area contributed by atoms with Gasteiger partial charge in [0.1, 0.15) is 0 Å². The molecule has 0 fully saturated rings. The lowest BCUT2D eigenvalue weighted by Gasteiger charge is -2.10. The maximum atomic E-state index is 9.42. The first kappa shape index (κ1) is 12.5. The number of nitrogen functional groups attached to an aromatic ring is 1. The van der Waals surface area contributed by atoms with Gasteiger partial charge in [0, 0.05) is 17.9 Å². The van der Waals surface area contributed by atoms with E-state index < -0.39 is 6.10 Å². The van der Waals surface area contributed by atoms with Crippen molar-refractivity contribution in [2.24, 2.45) is 0 Å². The van der Waals surface area contributed by atoms with Gasteiger partial charge < -0.3 is 16.2 Å². The number of nitrogens with one attached hydrogen (secondary N) is 1. The van der Waals surface area contributed by atoms with Gasteiger partial charge in [-0.15, -0.1) is 0 Å². The Hall–Kier alpha value is -2.00. The molecule has 0 bridgehead atoms. The topological polar surface area (TPSA) is 58.3 Å². The van der Waals surface area contributed by atoms with Gasteiger partial charge >= 0.3 is 0 Å². The molecule has 18 heavy (non-hydrogen) atoms. The van der Waals surface area contributed by atoms with E-state index in [1.165, 1.54) is 0 Å². The van der Waals surface area contributed by atoms with Crippen LogP contribution in [0.5, 0.6) is 0 Å². The Morgan fingerprint density at radius 1 is 1.11 bits per heavy atom. The lowest BCUT2D eigenvalue weighted by molar-refractivity contribution is 0.199. The molecule has 0 spiro atoms. The summed E-state index contributed by atoms with van der Waals surface area (Å²) in [5, 5.41) is 12.7. The Morgan fingerprint density at radius 3 is 2.39 bits per heavy atom. The predicted molar refractivity (Wildman–Crippen MR) is 75.3 cm³/mol. The average Bonchev–Trinajstić information content (AvgIpc) is 2.38. The van der Waals surface area contributed by atoms with Crippen molar-refractivity contribution in [3.63, 3.8) is 0 Å². The largest absolute Gasteiger partial charge is 0.398 e. The fourth-order valence-corrected chi connectivity index (χ4v) is 1.77. The van der Waals surface area contributed by atoms with E-state index in [0.29, 0.717) is 6.54 Å². The summed E-state index contributed by atoms with van der Waals surface area (Å²) in [6, 6.07) is 15.6. The van der Waals surface area contributed by atoms with Crippen molar-refractivity contribution < 1.29 is 5.11 Å². The quantitative estimate of drug-likeness (QED) is 0.722. The molecule has 0 saturated heterocycles. The highest BCUT2D eigenvalue weighted by Crippen LogP contribution is 2.17. The fourth-order valence-electron chi connectivity index (χ4n) is 1.77. The van der Waals surface area contributed by atoms with Crippen LogP contribution in [-0.4, -0.2) is 5.11 Å². The Bertz CT molecular complexity index is 506. The number of para-hydroxylation sites is 1. The van der Waals surface area contributed by atoms with Crippen molar-refractivity contribution in [2.45, 2.75) is 19.6 Å². The SMILES string of the molecule is CC(O)c1ccc(NCc2ccccc2N)cc1. The minimum absolute atomic E-state index is 0.427. The van der Waals surface area contributed by atoms with Crippen molar-refractivity contribution >= 4 is 11.4 Å². The molecule has 0 radical (unpaired) electrons. The van der Waals surface area contributed by atoms with E-state index in [0.717, 1.165) is 22.5 Å². The van der Waals surface area contributed by atoms with Gasteiger partial charge in [-0.3, -0.25) is 0 Å². The molecule has 0 aliphatic carbocycles. The van der Waals surface area contributed by atoms with Gasteiger partial charge in [0.25, 0.3) is 0 Å². The summed E-state index contributed by atoms with van der Waals surface area (Å²) in [6.45, 7) is 2.45. The van der Waals surface area contributed by atoms with E-state index in [9.17, 15) is 5.11 Å². The zero-order valence-corrected chi connectivity index (χ0v) is 10.4. The number of hydrogen-bond acceptors (Lipinski definition) is 3. The third-order valence-corrected chi connectivity index (χ3v) is 2.93. The number of aliphatic hydroxyl groups is 1. The zero-order chi connectivity index (χ0) is 13.0. The van der Waals surface area contributed by atoms with E-state index in [1.807, 2.05) is 48.5 Å². The molecular weight excluding hydrogens is 224 g/mol. The molecule has 3 heteroatoms. The van der Waals surface area contributed by atoms with Crippen LogP contribution in [0.2, 0.25) is 0 Å². The smallest absolute Gasteiger partial charge is 0.0761 e. The summed E-state index contributed by atoms with van der Waals surface area (Å²) in [4.78, 5) is 0. The van der Waals surface area contributed by atoms with Crippen LogP contribution >= 0.6 is 0 Å². The first-order valence-corrected chi connectivity index (χ1v) is 6.02. The Labute approximate surface area is 107 Å². The first-order chi connectivity index (χ1) is 8.66. The molecule has 0 amide bonds. The lowest BCUT2D eigenvalue weighted by Crippen LogP contribution is -2.02. The number of nitrogens with two attached hydrogens (primary N) is 1. The summed E-state index contributed by atoms with van der Waals surface area (Å²) < 4.78 is 0. The summed E-state index contributed by atoms with van der Waals surface area (Å²) in [6.07, 6.45) is -0.427. The van der Waals surface area contributed by atoms with Crippen molar-refractivity contribution in [2.75, 3.05) is 11.1 Å². The van der Waals surface area contributed by atoms with Gasteiger partial charge in [0.05, 0.1) is 6.10 Å². The predicted octanol–water partition coefficient (Wildman–Crippen LogP) is 2.93. The number of rotatable bonds is 4. The number of benzene rings is 2. The molecule has 0 aliphatic heterocycles. The van der Waals surface area contributed by atoms with Gasteiger partial charge in [-0.2, -0.15) is 0 Å². The molecule has 1 atom stereocenters. The zero-order valence-electron chi connectivity index (χ0n) is 10.4. The normalized spacial score (nSPS) is 12.1. The Kier molecular flexibility index (Phi) is 3.85. The van der Waals surface area contributed by atoms with Crippen LogP contribution in [0.1, 0.15) is 24.2 Å². The van der Waals surface area contributed by atoms with Crippen molar-refractivity contribution in [1.29, 1.82) is 0 Å². The second-order valence-corrected chi connectivity index (χ2v) is 4.35. The monoisotopic (exact) mass is 242 g/mol. The molecule has 0 heterocycles. The fraction of sp³-hybridized carbons (Fsp3) is 0.200. The number of aliphatic hydroxyl groups excluding tert-OH is 1. The molecule has 0 aliphatic rings. The van der Waals surface area contributed by atoms with Crippen LogP contribution in [0.4, 0.5) is 11.4 Å². The van der Waals surface area contributed by atoms with Crippen LogP contribution in [0.15, 0.2) is 48.5 Å². The molecule has 0 saturated carbocycles. The second kappa shape index (κ2) is 5.56. The molecule has 3 nitrogen and oxygen atoms in total. The van der Waals surface area contributed by atoms with Gasteiger partial charge in [-0.25, -0.2) is 0 Å². The molecule has 4 N–H and O–H groups in total. The molecule has 1 unspecified atom stereocenters. The van der Waals surface area contributed by atoms with E-state index in [1.54, 1.807) is 6.92 Å². The third-order valence-electron chi connectivity index (χ3n) is 2.93. The summed E-state index contributed by atoms with van der Waals surface area (Å²) >= 11 is 0. The third kappa shape index (κ3) is 3.02. The molecule has 2 aromatic rings. The van der Waals surface area contributed by atoms with Crippen molar-refractivity contribution in [3.05, 3.63) is 59.7 Å². The Morgan fingerprint density at radius 2 is 1.78 bits per heavy atom. The molecule has 94 valence electrons. The van der Waals surface area contributed by atoms with Gasteiger partial charge in [-0.05, 0) is 36.2 Å². The van der Waals surface area contributed by atoms with Crippen molar-refractivity contribution in [3.8, 4) is 0 Å². The standard InChI is InChI=1S/C15H18N2O/c1-11(18)12-6-8-14(9-7-12)17-10-13-4-2-3-5-15(13)16/h2-9,11,17-18H,10,16H2,1H3. The van der Waals surface area contributed by atoms with E-state index in [2.05, 4.69) is 5.32 Å². The first-order valence-electron chi connectivity index (χ1n) is 6.02. The second-order valence-electron chi connectivity index (χ2n) is 4.35. The van der Waals surface area contributed by atoms with Crippen LogP contribution in [0.3, 0.4) is 0 Å². The summed E-state index contributed by atoms with van der Waals surface area (Å²) in [5.74, 6) is 0. The van der Waals surface area contributed by atoms with E-state index >= 15 is 0 Å². The minimum Gasteiger partial charge on any atom is -0.398 e. The minimum atomic E-state index is -0.427. The van der Waals surface area contributed by atoms with Crippen molar-refractivity contribution in [1.82, 2.24) is 0 Å². The maximum absolute atomic E-state index is 9.42. The maximum Gasteiger partial charge on any atom is 0.0761 e. The highest BCUT2D eigenvalue weighted by atomic mass is 16.3. The Balaban J connectivity index is 2.00. The number of anilines is 2. The molecular formula is C15H18N2O. The van der Waals surface area contributed by atoms with Crippen LogP contribution in [0, 0.1) is 0 Å². The molecule has 2 rings (SSSR count). The summed E-state index contributed by atoms with van der Waals surface area (Å²) in [7, 11) is 0. The molecule has 2 aromatic carbocycles. The van der Waals surface area contributed by atoms with Crippen LogP contribution in [-0.2, 0) is 6.54 Å². The van der Waals surface area contributed by atoms with Crippen LogP contribution < -0.4 is 11.1 Å². The van der Waals surface area contributed by atoms with E-state index in [-0.39, 0.29) is 0 Å². The van der Waals surface area contributed by atoms with Gasteiger partial charge in [0.15, 0.2) is 0 Å². The molecule has 0 aromatic heterocycles. The number of hydrogen-bond donors (Lipinski definition) is 3. The lowest BCUT2D eigenvalue weighted by atomic mass is 10.1. The van der Waals surface area contributed by atoms with Gasteiger partial charge in [0.2, 0.25) is 0 Å². The average molecular weight is 242 g/mol. The van der Waals surface area contributed by atoms with E-state index in [4.69, 9.17) is 5.73 Å².